The molecule has 2 aromatic carbocycles. The number of halogens is 6. The number of hydrogen-bond acceptors (Lipinski definition) is 2. The molecule has 0 aliphatic rings. The molecular weight excluding hydrogens is 533 g/mol. The lowest BCUT2D eigenvalue weighted by molar-refractivity contribution is 0.763. The lowest BCUT2D eigenvalue weighted by atomic mass is 10.2. The topological polar surface area (TPSA) is 35.6 Å². The van der Waals surface area contributed by atoms with Crippen LogP contribution >= 0.6 is 69.6 Å². The van der Waals surface area contributed by atoms with Crippen molar-refractivity contribution < 1.29 is 0 Å². The zero-order valence-electron chi connectivity index (χ0n) is 16.4. The van der Waals surface area contributed by atoms with Crippen LogP contribution in [0, 0.1) is 0 Å². The summed E-state index contributed by atoms with van der Waals surface area (Å²) in [7, 11) is 0. The summed E-state index contributed by atoms with van der Waals surface area (Å²) in [5.41, 5.74) is 4.01. The number of alkyl halides is 6. The van der Waals surface area contributed by atoms with E-state index in [4.69, 9.17) is 69.6 Å². The molecule has 0 saturated heterocycles. The summed E-state index contributed by atoms with van der Waals surface area (Å²) in [5, 5.41) is 9.30. The van der Waals surface area contributed by atoms with Crippen molar-refractivity contribution in [3.05, 3.63) is 95.6 Å². The van der Waals surface area contributed by atoms with Crippen molar-refractivity contribution in [2.75, 3.05) is 0 Å². The number of aryl methyl sites for hydroxylation is 2. The van der Waals surface area contributed by atoms with Gasteiger partial charge in [0.15, 0.2) is 0 Å². The van der Waals surface area contributed by atoms with Gasteiger partial charge in [0.05, 0.1) is 34.2 Å². The van der Waals surface area contributed by atoms with Crippen molar-refractivity contribution >= 4 is 69.6 Å². The van der Waals surface area contributed by atoms with Crippen LogP contribution in [-0.4, -0.2) is 19.6 Å². The minimum atomic E-state index is -1.63. The molecule has 0 radical (unpaired) electrons. The Hall–Kier alpha value is -1.40. The molecule has 0 fully saturated rings. The Bertz CT molecular complexity index is 1100. The first-order chi connectivity index (χ1) is 15.1. The maximum absolute atomic E-state index is 6.20. The molecule has 4 aromatic rings. The summed E-state index contributed by atoms with van der Waals surface area (Å²) < 4.78 is 0.0204. The predicted molar refractivity (Wildman–Crippen MR) is 133 cm³/mol. The standard InChI is InChI=1S/C22H16Cl6N4/c23-21(24,25)19-13-15(29-31(19)17-7-3-1-4-8-17)11-12-16-14-20(22(26,27)28)32(30-16)18-9-5-2-6-10-18/h1-10,13-14H,11-12H2. The quantitative estimate of drug-likeness (QED) is 0.242. The summed E-state index contributed by atoms with van der Waals surface area (Å²) in [4.78, 5) is 0. The smallest absolute Gasteiger partial charge is 0.232 e. The van der Waals surface area contributed by atoms with E-state index in [1.54, 1.807) is 21.5 Å². The van der Waals surface area contributed by atoms with Crippen molar-refractivity contribution in [2.45, 2.75) is 20.4 Å². The Morgan fingerprint density at radius 3 is 1.22 bits per heavy atom. The van der Waals surface area contributed by atoms with Gasteiger partial charge in [-0.2, -0.15) is 10.2 Å². The molecule has 0 spiro atoms. The number of nitrogens with zero attached hydrogens (tertiary/aromatic N) is 4. The van der Waals surface area contributed by atoms with Gasteiger partial charge in [-0.1, -0.05) is 106 Å². The first kappa shape index (κ1) is 23.7. The average molecular weight is 549 g/mol. The minimum Gasteiger partial charge on any atom is -0.233 e. The summed E-state index contributed by atoms with van der Waals surface area (Å²) in [5.74, 6) is 0. The van der Waals surface area contributed by atoms with Gasteiger partial charge in [-0.25, -0.2) is 9.36 Å². The monoisotopic (exact) mass is 546 g/mol. The molecular formula is C22H16Cl6N4. The molecule has 0 aliphatic heterocycles. The first-order valence-corrected chi connectivity index (χ1v) is 11.8. The van der Waals surface area contributed by atoms with E-state index >= 15 is 0 Å². The fraction of sp³-hybridized carbons (Fsp3) is 0.182. The molecule has 0 N–H and O–H groups in total. The highest BCUT2D eigenvalue weighted by atomic mass is 35.6. The summed E-state index contributed by atoms with van der Waals surface area (Å²) in [6.07, 6.45) is 1.11. The highest BCUT2D eigenvalue weighted by Gasteiger charge is 2.31. The highest BCUT2D eigenvalue weighted by molar-refractivity contribution is 6.67. The van der Waals surface area contributed by atoms with Gasteiger partial charge in [-0.3, -0.25) is 0 Å². The summed E-state index contributed by atoms with van der Waals surface area (Å²) >= 11 is 37.2. The Morgan fingerprint density at radius 2 is 0.906 bits per heavy atom. The van der Waals surface area contributed by atoms with Crippen LogP contribution in [0.4, 0.5) is 0 Å². The zero-order chi connectivity index (χ0) is 22.9. The van der Waals surface area contributed by atoms with Crippen LogP contribution in [0.5, 0.6) is 0 Å². The molecule has 2 aromatic heterocycles. The van der Waals surface area contributed by atoms with E-state index in [2.05, 4.69) is 10.2 Å². The zero-order valence-corrected chi connectivity index (χ0v) is 20.9. The lowest BCUT2D eigenvalue weighted by Crippen LogP contribution is -2.10. The molecule has 0 unspecified atom stereocenters. The highest BCUT2D eigenvalue weighted by Crippen LogP contribution is 2.40. The molecule has 0 amide bonds. The second-order valence-corrected chi connectivity index (χ2v) is 11.6. The van der Waals surface area contributed by atoms with Crippen molar-refractivity contribution in [3.8, 4) is 11.4 Å². The molecule has 0 saturated carbocycles. The normalized spacial score (nSPS) is 12.3. The molecule has 4 nitrogen and oxygen atoms in total. The van der Waals surface area contributed by atoms with E-state index in [9.17, 15) is 0 Å². The largest absolute Gasteiger partial charge is 0.233 e. The molecule has 2 heterocycles. The summed E-state index contributed by atoms with van der Waals surface area (Å²) in [6.45, 7) is 0. The third-order valence-electron chi connectivity index (χ3n) is 4.74. The maximum atomic E-state index is 6.20. The van der Waals surface area contributed by atoms with Crippen molar-refractivity contribution in [1.82, 2.24) is 19.6 Å². The average Bonchev–Trinajstić information content (AvgIpc) is 3.38. The van der Waals surface area contributed by atoms with Crippen molar-refractivity contribution in [2.24, 2.45) is 0 Å². The summed E-state index contributed by atoms with van der Waals surface area (Å²) in [6, 6.07) is 22.5. The van der Waals surface area contributed by atoms with E-state index in [1.165, 1.54) is 0 Å². The number of benzene rings is 2. The number of rotatable bonds is 5. The molecule has 10 heteroatoms. The fourth-order valence-electron chi connectivity index (χ4n) is 3.30. The molecule has 0 atom stereocenters. The van der Waals surface area contributed by atoms with Crippen LogP contribution in [-0.2, 0) is 20.4 Å². The van der Waals surface area contributed by atoms with Crippen LogP contribution < -0.4 is 0 Å². The Morgan fingerprint density at radius 1 is 0.562 bits per heavy atom. The Balaban J connectivity index is 1.63. The van der Waals surface area contributed by atoms with Gasteiger partial charge in [-0.05, 0) is 49.2 Å². The number of aromatic nitrogens is 4. The third-order valence-corrected chi connectivity index (χ3v) is 5.90. The van der Waals surface area contributed by atoms with E-state index in [0.29, 0.717) is 24.2 Å². The maximum Gasteiger partial charge on any atom is 0.232 e. The van der Waals surface area contributed by atoms with Gasteiger partial charge in [0.2, 0.25) is 7.59 Å². The van der Waals surface area contributed by atoms with Gasteiger partial charge >= 0.3 is 0 Å². The molecule has 0 bridgehead atoms. The molecule has 4 rings (SSSR count). The van der Waals surface area contributed by atoms with Crippen LogP contribution in [0.15, 0.2) is 72.8 Å². The van der Waals surface area contributed by atoms with Crippen LogP contribution in [0.25, 0.3) is 11.4 Å². The Labute approximate surface area is 215 Å². The minimum absolute atomic E-state index is 0.459. The van der Waals surface area contributed by atoms with Gasteiger partial charge < -0.3 is 0 Å². The predicted octanol–water partition coefficient (Wildman–Crippen LogP) is 7.50. The molecule has 0 aliphatic carbocycles. The first-order valence-electron chi connectivity index (χ1n) is 9.56. The van der Waals surface area contributed by atoms with E-state index in [1.807, 2.05) is 60.7 Å². The van der Waals surface area contributed by atoms with Gasteiger partial charge in [0.25, 0.3) is 0 Å². The number of para-hydroxylation sites is 2. The van der Waals surface area contributed by atoms with Crippen LogP contribution in [0.1, 0.15) is 22.8 Å². The SMILES string of the molecule is ClC(Cl)(Cl)c1cc(CCc2cc(C(Cl)(Cl)Cl)n(-c3ccccc3)n2)nn1-c1ccccc1. The molecule has 166 valence electrons. The number of hydrogen-bond donors (Lipinski definition) is 0. The van der Waals surface area contributed by atoms with Crippen LogP contribution in [0.3, 0.4) is 0 Å². The fourth-order valence-corrected chi connectivity index (χ4v) is 4.10. The second kappa shape index (κ2) is 9.46. The van der Waals surface area contributed by atoms with Gasteiger partial charge in [-0.15, -0.1) is 0 Å². The van der Waals surface area contributed by atoms with E-state index < -0.39 is 7.59 Å². The van der Waals surface area contributed by atoms with Crippen molar-refractivity contribution in [1.29, 1.82) is 0 Å². The third kappa shape index (κ3) is 5.39. The van der Waals surface area contributed by atoms with Gasteiger partial charge in [0.1, 0.15) is 0 Å². The lowest BCUT2D eigenvalue weighted by Gasteiger charge is -2.13. The Kier molecular flexibility index (Phi) is 7.02. The van der Waals surface area contributed by atoms with E-state index in [-0.39, 0.29) is 0 Å². The van der Waals surface area contributed by atoms with E-state index in [0.717, 1.165) is 22.8 Å². The molecule has 32 heavy (non-hydrogen) atoms. The van der Waals surface area contributed by atoms with Crippen molar-refractivity contribution in [3.63, 3.8) is 0 Å². The van der Waals surface area contributed by atoms with Crippen LogP contribution in [0.2, 0.25) is 0 Å². The second-order valence-electron chi connectivity index (χ2n) is 7.03. The van der Waals surface area contributed by atoms with Gasteiger partial charge in [0, 0.05) is 0 Å².